The lowest BCUT2D eigenvalue weighted by atomic mass is 10.2. The molecule has 1 aliphatic carbocycles. The third-order valence-corrected chi connectivity index (χ3v) is 3.43. The maximum atomic E-state index is 10.9. The zero-order valence-corrected chi connectivity index (χ0v) is 9.14. The molecule has 0 bridgehead atoms. The van der Waals surface area contributed by atoms with Crippen LogP contribution in [0.3, 0.4) is 0 Å². The second-order valence-corrected chi connectivity index (χ2v) is 5.39. The van der Waals surface area contributed by atoms with Crippen LogP contribution < -0.4 is 5.32 Å². The number of hydrogen-bond acceptors (Lipinski definition) is 3. The predicted octanol–water partition coefficient (Wildman–Crippen LogP) is 0.256. The van der Waals surface area contributed by atoms with Gasteiger partial charge in [0.25, 0.3) is 0 Å². The van der Waals surface area contributed by atoms with Crippen molar-refractivity contribution in [2.24, 2.45) is 0 Å². The van der Waals surface area contributed by atoms with Gasteiger partial charge in [-0.15, -0.1) is 0 Å². The van der Waals surface area contributed by atoms with Crippen molar-refractivity contribution in [3.63, 3.8) is 0 Å². The molecule has 4 heteroatoms. The van der Waals surface area contributed by atoms with Crippen molar-refractivity contribution in [1.29, 1.82) is 0 Å². The smallest absolute Gasteiger partial charge is 0.0693 e. The molecule has 4 unspecified atom stereocenters. The monoisotopic (exact) mass is 205 g/mol. The first-order valence-electron chi connectivity index (χ1n) is 4.83. The Labute approximate surface area is 82.4 Å². The van der Waals surface area contributed by atoms with Gasteiger partial charge in [0.1, 0.15) is 0 Å². The lowest BCUT2D eigenvalue weighted by Gasteiger charge is -2.21. The first kappa shape index (κ1) is 11.1. The highest BCUT2D eigenvalue weighted by Gasteiger charge is 2.25. The Kier molecular flexibility index (Phi) is 4.35. The topological polar surface area (TPSA) is 49.3 Å². The minimum atomic E-state index is -0.751. The average Bonchev–Trinajstić information content (AvgIpc) is 2.34. The fourth-order valence-corrected chi connectivity index (χ4v) is 2.70. The molecule has 2 N–H and O–H groups in total. The Balaban J connectivity index is 2.26. The Morgan fingerprint density at radius 2 is 2.31 bits per heavy atom. The summed E-state index contributed by atoms with van der Waals surface area (Å²) in [6.45, 7) is 2.02. The van der Waals surface area contributed by atoms with E-state index in [0.29, 0.717) is 5.75 Å². The molecule has 0 aromatic heterocycles. The van der Waals surface area contributed by atoms with E-state index < -0.39 is 10.8 Å². The highest BCUT2D eigenvalue weighted by molar-refractivity contribution is 7.84. The van der Waals surface area contributed by atoms with Gasteiger partial charge in [-0.05, 0) is 26.2 Å². The van der Waals surface area contributed by atoms with Crippen molar-refractivity contribution < 1.29 is 9.32 Å². The number of rotatable bonds is 4. The van der Waals surface area contributed by atoms with Gasteiger partial charge in [-0.2, -0.15) is 0 Å². The lowest BCUT2D eigenvalue weighted by Crippen LogP contribution is -2.43. The minimum absolute atomic E-state index is 0.201. The summed E-state index contributed by atoms with van der Waals surface area (Å²) in [6.07, 6.45) is 4.55. The van der Waals surface area contributed by atoms with E-state index in [1.54, 1.807) is 6.26 Å². The quantitative estimate of drug-likeness (QED) is 0.692. The predicted molar refractivity (Wildman–Crippen MR) is 55.2 cm³/mol. The van der Waals surface area contributed by atoms with Crippen LogP contribution in [0.2, 0.25) is 0 Å². The number of aliphatic hydroxyl groups excluding tert-OH is 1. The normalized spacial score (nSPS) is 33.2. The summed E-state index contributed by atoms with van der Waals surface area (Å²) in [7, 11) is -0.751. The second-order valence-electron chi connectivity index (χ2n) is 3.91. The van der Waals surface area contributed by atoms with E-state index in [9.17, 15) is 9.32 Å². The van der Waals surface area contributed by atoms with E-state index in [1.807, 2.05) is 6.92 Å². The van der Waals surface area contributed by atoms with Crippen molar-refractivity contribution in [3.8, 4) is 0 Å². The molecular weight excluding hydrogens is 186 g/mol. The number of nitrogens with one attached hydrogen (secondary N) is 1. The molecule has 0 aromatic carbocycles. The third kappa shape index (κ3) is 3.75. The van der Waals surface area contributed by atoms with Gasteiger partial charge in [0.15, 0.2) is 0 Å². The van der Waals surface area contributed by atoms with E-state index in [2.05, 4.69) is 5.32 Å². The molecule has 3 nitrogen and oxygen atoms in total. The molecule has 1 aliphatic rings. The van der Waals surface area contributed by atoms with Crippen molar-refractivity contribution >= 4 is 10.8 Å². The highest BCUT2D eigenvalue weighted by Crippen LogP contribution is 2.19. The summed E-state index contributed by atoms with van der Waals surface area (Å²) in [4.78, 5) is 0. The van der Waals surface area contributed by atoms with Crippen LogP contribution in [0.15, 0.2) is 0 Å². The minimum Gasteiger partial charge on any atom is -0.392 e. The van der Waals surface area contributed by atoms with Crippen LogP contribution in [0.5, 0.6) is 0 Å². The van der Waals surface area contributed by atoms with Gasteiger partial charge in [-0.25, -0.2) is 0 Å². The fraction of sp³-hybridized carbons (Fsp3) is 1.00. The van der Waals surface area contributed by atoms with Crippen LogP contribution in [0.1, 0.15) is 26.2 Å². The molecule has 0 aromatic rings. The van der Waals surface area contributed by atoms with Crippen molar-refractivity contribution in [3.05, 3.63) is 0 Å². The van der Waals surface area contributed by atoms with Gasteiger partial charge in [0.2, 0.25) is 0 Å². The second kappa shape index (κ2) is 5.08. The maximum absolute atomic E-state index is 10.9. The van der Waals surface area contributed by atoms with E-state index in [-0.39, 0.29) is 18.2 Å². The zero-order chi connectivity index (χ0) is 9.84. The van der Waals surface area contributed by atoms with Crippen molar-refractivity contribution in [2.45, 2.75) is 44.4 Å². The summed E-state index contributed by atoms with van der Waals surface area (Å²) < 4.78 is 10.9. The Morgan fingerprint density at radius 3 is 2.77 bits per heavy atom. The SMILES string of the molecule is CC(CS(C)=O)NC1CCCC1O. The molecule has 0 radical (unpaired) electrons. The fourth-order valence-electron chi connectivity index (χ4n) is 1.90. The summed E-state index contributed by atoms with van der Waals surface area (Å²) in [5.74, 6) is 0.670. The molecule has 0 heterocycles. The molecule has 0 saturated heterocycles. The molecule has 78 valence electrons. The first-order chi connectivity index (χ1) is 6.09. The standard InChI is InChI=1S/C9H19NO2S/c1-7(6-13(2)12)10-8-4-3-5-9(8)11/h7-11H,3-6H2,1-2H3. The van der Waals surface area contributed by atoms with Crippen molar-refractivity contribution in [2.75, 3.05) is 12.0 Å². The van der Waals surface area contributed by atoms with Gasteiger partial charge in [-0.1, -0.05) is 0 Å². The van der Waals surface area contributed by atoms with E-state index in [1.165, 1.54) is 0 Å². The summed E-state index contributed by atoms with van der Waals surface area (Å²) >= 11 is 0. The van der Waals surface area contributed by atoms with E-state index >= 15 is 0 Å². The van der Waals surface area contributed by atoms with Crippen LogP contribution in [0, 0.1) is 0 Å². The molecule has 0 spiro atoms. The molecule has 1 rings (SSSR count). The molecule has 1 fully saturated rings. The number of hydrogen-bond donors (Lipinski definition) is 2. The highest BCUT2D eigenvalue weighted by atomic mass is 32.2. The van der Waals surface area contributed by atoms with Crippen LogP contribution >= 0.6 is 0 Å². The van der Waals surface area contributed by atoms with Crippen LogP contribution in [0.25, 0.3) is 0 Å². The zero-order valence-electron chi connectivity index (χ0n) is 8.32. The van der Waals surface area contributed by atoms with E-state index in [4.69, 9.17) is 0 Å². The summed E-state index contributed by atoms with van der Waals surface area (Å²) in [5, 5.41) is 12.9. The van der Waals surface area contributed by atoms with Crippen LogP contribution in [-0.4, -0.2) is 39.5 Å². The summed E-state index contributed by atoms with van der Waals surface area (Å²) in [6, 6.07) is 0.460. The maximum Gasteiger partial charge on any atom is 0.0693 e. The molecule has 0 amide bonds. The molecular formula is C9H19NO2S. The average molecular weight is 205 g/mol. The Hall–Kier alpha value is 0.0700. The van der Waals surface area contributed by atoms with Crippen LogP contribution in [-0.2, 0) is 10.8 Å². The third-order valence-electron chi connectivity index (χ3n) is 2.46. The van der Waals surface area contributed by atoms with Crippen molar-refractivity contribution in [1.82, 2.24) is 5.32 Å². The van der Waals surface area contributed by atoms with Gasteiger partial charge in [0.05, 0.1) is 6.10 Å². The van der Waals surface area contributed by atoms with Gasteiger partial charge >= 0.3 is 0 Å². The number of aliphatic hydroxyl groups is 1. The molecule has 0 aliphatic heterocycles. The lowest BCUT2D eigenvalue weighted by molar-refractivity contribution is 0.145. The van der Waals surface area contributed by atoms with Gasteiger partial charge in [0, 0.05) is 34.9 Å². The van der Waals surface area contributed by atoms with Crippen LogP contribution in [0.4, 0.5) is 0 Å². The van der Waals surface area contributed by atoms with Gasteiger partial charge in [-0.3, -0.25) is 4.21 Å². The Morgan fingerprint density at radius 1 is 1.62 bits per heavy atom. The molecule has 1 saturated carbocycles. The first-order valence-corrected chi connectivity index (χ1v) is 6.56. The Bertz CT molecular complexity index is 186. The van der Waals surface area contributed by atoms with E-state index in [0.717, 1.165) is 19.3 Å². The largest absolute Gasteiger partial charge is 0.392 e. The van der Waals surface area contributed by atoms with Gasteiger partial charge < -0.3 is 10.4 Å². The molecule has 4 atom stereocenters. The molecule has 13 heavy (non-hydrogen) atoms. The summed E-state index contributed by atoms with van der Waals surface area (Å²) in [5.41, 5.74) is 0.